The van der Waals surface area contributed by atoms with Gasteiger partial charge in [0.25, 0.3) is 0 Å². The molecule has 0 saturated carbocycles. The largest absolute Gasteiger partial charge is 0.493 e. The summed E-state index contributed by atoms with van der Waals surface area (Å²) in [5.74, 6) is -0.186. The molecule has 6 heteroatoms. The molecule has 0 spiro atoms. The van der Waals surface area contributed by atoms with Gasteiger partial charge in [0.05, 0.1) is 30.8 Å². The van der Waals surface area contributed by atoms with E-state index in [9.17, 15) is 9.59 Å². The summed E-state index contributed by atoms with van der Waals surface area (Å²) >= 11 is 0. The first kappa shape index (κ1) is 21.6. The molecule has 0 bridgehead atoms. The van der Waals surface area contributed by atoms with Gasteiger partial charge in [-0.3, -0.25) is 0 Å². The molecular weight excluding hydrogens is 384 g/mol. The molecule has 3 rings (SSSR count). The third-order valence-corrected chi connectivity index (χ3v) is 5.15. The van der Waals surface area contributed by atoms with Gasteiger partial charge >= 0.3 is 11.9 Å². The predicted molar refractivity (Wildman–Crippen MR) is 112 cm³/mol. The second-order valence-electron chi connectivity index (χ2n) is 7.24. The van der Waals surface area contributed by atoms with Crippen molar-refractivity contribution in [2.75, 3.05) is 33.0 Å². The number of carbonyl (C=O) groups is 2. The van der Waals surface area contributed by atoms with E-state index in [2.05, 4.69) is 13.5 Å². The van der Waals surface area contributed by atoms with Gasteiger partial charge in [0, 0.05) is 6.08 Å². The average Bonchev–Trinajstić information content (AvgIpc) is 2.76. The lowest BCUT2D eigenvalue weighted by Gasteiger charge is -2.40. The molecule has 0 aromatic heterocycles. The molecule has 30 heavy (non-hydrogen) atoms. The molecule has 1 heterocycles. The van der Waals surface area contributed by atoms with E-state index in [1.165, 1.54) is 0 Å². The Morgan fingerprint density at radius 1 is 1.00 bits per heavy atom. The van der Waals surface area contributed by atoms with E-state index in [-0.39, 0.29) is 18.6 Å². The second kappa shape index (κ2) is 10.1. The minimum atomic E-state index is -0.547. The number of esters is 2. The van der Waals surface area contributed by atoms with Crippen LogP contribution in [0.2, 0.25) is 0 Å². The Kier molecular flexibility index (Phi) is 7.25. The quantitative estimate of drug-likeness (QED) is 0.334. The van der Waals surface area contributed by atoms with Gasteiger partial charge in [-0.1, -0.05) is 37.8 Å². The highest BCUT2D eigenvalue weighted by molar-refractivity contribution is 5.90. The summed E-state index contributed by atoms with van der Waals surface area (Å²) in [7, 11) is 0. The van der Waals surface area contributed by atoms with Crippen molar-refractivity contribution in [3.05, 3.63) is 66.7 Å². The summed E-state index contributed by atoms with van der Waals surface area (Å²) in [5, 5.41) is 0. The van der Waals surface area contributed by atoms with Crippen LogP contribution in [0.15, 0.2) is 61.2 Å². The Hall–Kier alpha value is -3.12. The lowest BCUT2D eigenvalue weighted by atomic mass is 9.84. The molecule has 1 saturated heterocycles. The van der Waals surface area contributed by atoms with Crippen LogP contribution in [0.3, 0.4) is 0 Å². The van der Waals surface area contributed by atoms with Crippen LogP contribution in [0.5, 0.6) is 5.75 Å². The van der Waals surface area contributed by atoms with Crippen LogP contribution in [0.1, 0.15) is 23.7 Å². The topological polar surface area (TPSA) is 71.1 Å². The summed E-state index contributed by atoms with van der Waals surface area (Å²) in [6.07, 6.45) is 2.10. The minimum absolute atomic E-state index is 0.00447. The number of carbonyl (C=O) groups excluding carboxylic acids is 2. The van der Waals surface area contributed by atoms with Gasteiger partial charge in [-0.05, 0) is 41.8 Å². The fraction of sp³-hybridized carbons (Fsp3) is 0.333. The third-order valence-electron chi connectivity index (χ3n) is 5.15. The maximum atomic E-state index is 12.1. The molecule has 0 radical (unpaired) electrons. The number of rotatable bonds is 10. The maximum absolute atomic E-state index is 12.1. The molecule has 0 atom stereocenters. The van der Waals surface area contributed by atoms with Crippen LogP contribution in [-0.2, 0) is 19.0 Å². The van der Waals surface area contributed by atoms with Crippen molar-refractivity contribution in [1.29, 1.82) is 0 Å². The summed E-state index contributed by atoms with van der Waals surface area (Å²) in [6, 6.07) is 15.0. The van der Waals surface area contributed by atoms with Crippen molar-refractivity contribution >= 4 is 11.9 Å². The van der Waals surface area contributed by atoms with Gasteiger partial charge in [-0.2, -0.15) is 0 Å². The first-order valence-electron chi connectivity index (χ1n) is 9.92. The van der Waals surface area contributed by atoms with Crippen LogP contribution in [0, 0.1) is 5.41 Å². The summed E-state index contributed by atoms with van der Waals surface area (Å²) in [6.45, 7) is 7.62. The maximum Gasteiger partial charge on any atom is 0.338 e. The first-order valence-corrected chi connectivity index (χ1v) is 9.92. The molecule has 0 aliphatic carbocycles. The molecule has 1 aliphatic heterocycles. The molecule has 158 valence electrons. The SMILES string of the molecule is C=CC(=O)OCCOC(=O)c1ccc(-c2ccc(OCC3(CC)COC3)cc2)cc1. The zero-order valence-corrected chi connectivity index (χ0v) is 17.1. The zero-order chi connectivity index (χ0) is 21.4. The van der Waals surface area contributed by atoms with Crippen molar-refractivity contribution in [1.82, 2.24) is 0 Å². The van der Waals surface area contributed by atoms with E-state index >= 15 is 0 Å². The van der Waals surface area contributed by atoms with Crippen molar-refractivity contribution in [3.8, 4) is 16.9 Å². The molecule has 1 fully saturated rings. The molecule has 0 amide bonds. The van der Waals surface area contributed by atoms with Crippen LogP contribution < -0.4 is 4.74 Å². The lowest BCUT2D eigenvalue weighted by molar-refractivity contribution is -0.138. The third kappa shape index (κ3) is 5.48. The van der Waals surface area contributed by atoms with Crippen LogP contribution in [0.25, 0.3) is 11.1 Å². The van der Waals surface area contributed by atoms with Crippen LogP contribution in [-0.4, -0.2) is 45.0 Å². The Morgan fingerprint density at radius 2 is 1.60 bits per heavy atom. The summed E-state index contributed by atoms with van der Waals surface area (Å²) in [4.78, 5) is 23.0. The van der Waals surface area contributed by atoms with E-state index in [1.807, 2.05) is 36.4 Å². The van der Waals surface area contributed by atoms with E-state index in [1.54, 1.807) is 12.1 Å². The number of hydrogen-bond acceptors (Lipinski definition) is 6. The highest BCUT2D eigenvalue weighted by atomic mass is 16.6. The molecule has 0 N–H and O–H groups in total. The highest BCUT2D eigenvalue weighted by Crippen LogP contribution is 2.32. The zero-order valence-electron chi connectivity index (χ0n) is 17.1. The van der Waals surface area contributed by atoms with Crippen molar-refractivity contribution in [2.24, 2.45) is 5.41 Å². The molecular formula is C24H26O6. The van der Waals surface area contributed by atoms with Gasteiger partial charge in [-0.15, -0.1) is 0 Å². The average molecular weight is 410 g/mol. The molecule has 1 aliphatic rings. The Balaban J connectivity index is 1.51. The second-order valence-corrected chi connectivity index (χ2v) is 7.24. The Bertz CT molecular complexity index is 860. The molecule has 6 nitrogen and oxygen atoms in total. The number of ether oxygens (including phenoxy) is 4. The smallest absolute Gasteiger partial charge is 0.338 e. The number of hydrogen-bond donors (Lipinski definition) is 0. The standard InChI is InChI=1S/C24H26O6/c1-3-22(25)28-13-14-29-23(26)20-7-5-18(6-8-20)19-9-11-21(12-10-19)30-17-24(4-2)15-27-16-24/h3,5-12H,1,4,13-17H2,2H3. The summed E-state index contributed by atoms with van der Waals surface area (Å²) in [5.41, 5.74) is 2.59. The fourth-order valence-corrected chi connectivity index (χ4v) is 2.98. The van der Waals surface area contributed by atoms with E-state index < -0.39 is 11.9 Å². The number of benzene rings is 2. The van der Waals surface area contributed by atoms with Crippen molar-refractivity contribution < 1.29 is 28.5 Å². The first-order chi connectivity index (χ1) is 14.5. The predicted octanol–water partition coefficient (Wildman–Crippen LogP) is 4.05. The van der Waals surface area contributed by atoms with E-state index in [4.69, 9.17) is 18.9 Å². The van der Waals surface area contributed by atoms with E-state index in [0.29, 0.717) is 12.2 Å². The van der Waals surface area contributed by atoms with Gasteiger partial charge in [0.2, 0.25) is 0 Å². The highest BCUT2D eigenvalue weighted by Gasteiger charge is 2.37. The Morgan fingerprint density at radius 3 is 2.13 bits per heavy atom. The minimum Gasteiger partial charge on any atom is -0.493 e. The Labute approximate surface area is 176 Å². The van der Waals surface area contributed by atoms with Gasteiger partial charge in [0.15, 0.2) is 0 Å². The monoisotopic (exact) mass is 410 g/mol. The fourth-order valence-electron chi connectivity index (χ4n) is 2.98. The van der Waals surface area contributed by atoms with Gasteiger partial charge in [-0.25, -0.2) is 9.59 Å². The van der Waals surface area contributed by atoms with Crippen LogP contribution in [0.4, 0.5) is 0 Å². The molecule has 2 aromatic carbocycles. The van der Waals surface area contributed by atoms with Crippen molar-refractivity contribution in [3.63, 3.8) is 0 Å². The summed E-state index contributed by atoms with van der Waals surface area (Å²) < 4.78 is 21.1. The normalized spacial score (nSPS) is 14.3. The molecule has 0 unspecified atom stereocenters. The van der Waals surface area contributed by atoms with Crippen molar-refractivity contribution in [2.45, 2.75) is 13.3 Å². The lowest BCUT2D eigenvalue weighted by Crippen LogP contribution is -2.46. The van der Waals surface area contributed by atoms with Gasteiger partial charge in [0.1, 0.15) is 19.0 Å². The molecule has 2 aromatic rings. The van der Waals surface area contributed by atoms with E-state index in [0.717, 1.165) is 42.6 Å². The van der Waals surface area contributed by atoms with Crippen LogP contribution >= 0.6 is 0 Å². The van der Waals surface area contributed by atoms with Gasteiger partial charge < -0.3 is 18.9 Å².